The summed E-state index contributed by atoms with van der Waals surface area (Å²) in [5, 5.41) is 0. The summed E-state index contributed by atoms with van der Waals surface area (Å²) in [6, 6.07) is 22.3. The topological polar surface area (TPSA) is 9.23 Å². The lowest BCUT2D eigenvalue weighted by Gasteiger charge is -2.16. The van der Waals surface area contributed by atoms with Gasteiger partial charge in [0.25, 0.3) is 0 Å². The van der Waals surface area contributed by atoms with Crippen LogP contribution in [0, 0.1) is 17.5 Å². The number of benzene rings is 4. The molecule has 0 radical (unpaired) electrons. The molecular weight excluding hydrogens is 385 g/mol. The van der Waals surface area contributed by atoms with E-state index in [9.17, 15) is 8.78 Å². The fourth-order valence-electron chi connectivity index (χ4n) is 3.47. The van der Waals surface area contributed by atoms with Gasteiger partial charge in [-0.25, -0.2) is 13.2 Å². The Balaban J connectivity index is 1.91. The highest BCUT2D eigenvalue weighted by atomic mass is 19.1. The molecule has 0 bridgehead atoms. The average molecular weight is 404 g/mol. The van der Waals surface area contributed by atoms with Crippen LogP contribution in [0.3, 0.4) is 0 Å². The van der Waals surface area contributed by atoms with Crippen molar-refractivity contribution in [3.63, 3.8) is 0 Å². The summed E-state index contributed by atoms with van der Waals surface area (Å²) in [5.41, 5.74) is 3.34. The van der Waals surface area contributed by atoms with Crippen molar-refractivity contribution in [3.8, 4) is 39.1 Å². The molecule has 30 heavy (non-hydrogen) atoms. The molecule has 4 aromatic rings. The summed E-state index contributed by atoms with van der Waals surface area (Å²) in [7, 11) is 0. The third-order valence-electron chi connectivity index (χ3n) is 4.91. The highest BCUT2D eigenvalue weighted by Gasteiger charge is 2.18. The minimum atomic E-state index is -0.424. The maximum atomic E-state index is 15.8. The lowest BCUT2D eigenvalue weighted by molar-refractivity contribution is 0.340. The van der Waals surface area contributed by atoms with Gasteiger partial charge in [0.2, 0.25) is 0 Å². The molecule has 0 amide bonds. The first-order chi connectivity index (χ1) is 14.6. The van der Waals surface area contributed by atoms with E-state index in [1.807, 2.05) is 6.92 Å². The molecule has 0 unspecified atom stereocenters. The van der Waals surface area contributed by atoms with Crippen LogP contribution in [0.2, 0.25) is 0 Å². The predicted molar refractivity (Wildman–Crippen MR) is 114 cm³/mol. The minimum absolute atomic E-state index is 0.357. The summed E-state index contributed by atoms with van der Waals surface area (Å²) >= 11 is 0. The first-order valence-electron chi connectivity index (χ1n) is 9.64. The zero-order valence-corrected chi connectivity index (χ0v) is 16.3. The van der Waals surface area contributed by atoms with Crippen LogP contribution in [-0.4, -0.2) is 6.61 Å². The zero-order valence-electron chi connectivity index (χ0n) is 16.3. The SMILES string of the molecule is CCOc1ccc(-c2c(-c3ccc(F)cc3)ccc(-c3ccc(F)cc3)c2F)cc1. The van der Waals surface area contributed by atoms with Crippen LogP contribution in [0.4, 0.5) is 13.2 Å². The molecule has 0 heterocycles. The maximum Gasteiger partial charge on any atom is 0.139 e. The highest BCUT2D eigenvalue weighted by Crippen LogP contribution is 2.39. The summed E-state index contributed by atoms with van der Waals surface area (Å²) < 4.78 is 48.1. The van der Waals surface area contributed by atoms with E-state index in [1.54, 1.807) is 60.7 Å². The molecule has 4 rings (SSSR count). The molecule has 4 heteroatoms. The van der Waals surface area contributed by atoms with Crippen molar-refractivity contribution >= 4 is 0 Å². The van der Waals surface area contributed by atoms with Crippen molar-refractivity contribution in [1.29, 1.82) is 0 Å². The Labute approximate surface area is 173 Å². The second-order valence-corrected chi connectivity index (χ2v) is 6.82. The smallest absolute Gasteiger partial charge is 0.139 e. The van der Waals surface area contributed by atoms with Crippen LogP contribution in [-0.2, 0) is 0 Å². The van der Waals surface area contributed by atoms with Crippen LogP contribution in [0.15, 0.2) is 84.9 Å². The number of halogens is 3. The van der Waals surface area contributed by atoms with E-state index in [0.29, 0.717) is 45.7 Å². The van der Waals surface area contributed by atoms with E-state index >= 15 is 4.39 Å². The van der Waals surface area contributed by atoms with Gasteiger partial charge in [-0.05, 0) is 65.6 Å². The van der Waals surface area contributed by atoms with E-state index in [-0.39, 0.29) is 11.6 Å². The lowest BCUT2D eigenvalue weighted by Crippen LogP contribution is -1.95. The fourth-order valence-corrected chi connectivity index (χ4v) is 3.47. The van der Waals surface area contributed by atoms with Gasteiger partial charge in [0, 0.05) is 11.1 Å². The molecule has 0 saturated heterocycles. The monoisotopic (exact) mass is 404 g/mol. The molecule has 150 valence electrons. The van der Waals surface area contributed by atoms with Crippen LogP contribution in [0.25, 0.3) is 33.4 Å². The Bertz CT molecular complexity index is 1150. The summed E-state index contributed by atoms with van der Waals surface area (Å²) in [6.45, 7) is 2.43. The van der Waals surface area contributed by atoms with Gasteiger partial charge in [0.1, 0.15) is 23.2 Å². The quantitative estimate of drug-likeness (QED) is 0.335. The van der Waals surface area contributed by atoms with Crippen molar-refractivity contribution in [2.45, 2.75) is 6.92 Å². The lowest BCUT2D eigenvalue weighted by atomic mass is 9.90. The third kappa shape index (κ3) is 3.94. The Morgan fingerprint density at radius 3 is 1.57 bits per heavy atom. The standard InChI is InChI=1S/C26H19F3O/c1-2-30-22-13-7-19(8-14-22)25-23(17-3-9-20(27)10-4-17)15-16-24(26(25)29)18-5-11-21(28)12-6-18/h3-16H,2H2,1H3. The molecule has 0 N–H and O–H groups in total. The molecule has 0 aromatic heterocycles. The molecule has 0 spiro atoms. The van der Waals surface area contributed by atoms with Crippen molar-refractivity contribution < 1.29 is 17.9 Å². The van der Waals surface area contributed by atoms with Crippen molar-refractivity contribution in [1.82, 2.24) is 0 Å². The molecule has 0 atom stereocenters. The van der Waals surface area contributed by atoms with E-state index in [1.165, 1.54) is 24.3 Å². The average Bonchev–Trinajstić information content (AvgIpc) is 2.76. The molecule has 4 aromatic carbocycles. The first-order valence-corrected chi connectivity index (χ1v) is 9.64. The van der Waals surface area contributed by atoms with Crippen LogP contribution < -0.4 is 4.74 Å². The van der Waals surface area contributed by atoms with E-state index in [2.05, 4.69) is 0 Å². The molecule has 0 aliphatic carbocycles. The van der Waals surface area contributed by atoms with E-state index in [4.69, 9.17) is 4.74 Å². The van der Waals surface area contributed by atoms with Gasteiger partial charge < -0.3 is 4.74 Å². The number of rotatable bonds is 5. The summed E-state index contributed by atoms with van der Waals surface area (Å²) in [5.74, 6) is -0.467. The van der Waals surface area contributed by atoms with Crippen LogP contribution in [0.1, 0.15) is 6.92 Å². The second kappa shape index (κ2) is 8.46. The second-order valence-electron chi connectivity index (χ2n) is 6.82. The van der Waals surface area contributed by atoms with Gasteiger partial charge >= 0.3 is 0 Å². The molecule has 0 saturated carbocycles. The normalized spacial score (nSPS) is 10.8. The summed E-state index contributed by atoms with van der Waals surface area (Å²) in [4.78, 5) is 0. The molecule has 0 fully saturated rings. The first kappa shape index (κ1) is 19.8. The zero-order chi connectivity index (χ0) is 21.1. The maximum absolute atomic E-state index is 15.8. The van der Waals surface area contributed by atoms with Gasteiger partial charge in [-0.3, -0.25) is 0 Å². The molecule has 0 aliphatic heterocycles. The predicted octanol–water partition coefficient (Wildman–Crippen LogP) is 7.50. The molecular formula is C26H19F3O. The van der Waals surface area contributed by atoms with Crippen molar-refractivity contribution in [2.75, 3.05) is 6.61 Å². The highest BCUT2D eigenvalue weighted by molar-refractivity contribution is 5.88. The largest absolute Gasteiger partial charge is 0.494 e. The van der Waals surface area contributed by atoms with Crippen molar-refractivity contribution in [2.24, 2.45) is 0 Å². The third-order valence-corrected chi connectivity index (χ3v) is 4.91. The number of ether oxygens (including phenoxy) is 1. The summed E-state index contributed by atoms with van der Waals surface area (Å²) in [6.07, 6.45) is 0. The van der Waals surface area contributed by atoms with Gasteiger partial charge in [-0.2, -0.15) is 0 Å². The Kier molecular flexibility index (Phi) is 5.57. The van der Waals surface area contributed by atoms with Gasteiger partial charge in [-0.1, -0.05) is 48.5 Å². The van der Waals surface area contributed by atoms with Gasteiger partial charge in [0.15, 0.2) is 0 Å². The Hall–Kier alpha value is -3.53. The van der Waals surface area contributed by atoms with E-state index < -0.39 is 5.82 Å². The molecule has 0 aliphatic rings. The minimum Gasteiger partial charge on any atom is -0.494 e. The Morgan fingerprint density at radius 2 is 1.03 bits per heavy atom. The fraction of sp³-hybridized carbons (Fsp3) is 0.0769. The van der Waals surface area contributed by atoms with Crippen LogP contribution >= 0.6 is 0 Å². The molecule has 1 nitrogen and oxygen atoms in total. The van der Waals surface area contributed by atoms with E-state index in [0.717, 1.165) is 0 Å². The van der Waals surface area contributed by atoms with Gasteiger partial charge in [-0.15, -0.1) is 0 Å². The van der Waals surface area contributed by atoms with Crippen LogP contribution in [0.5, 0.6) is 5.75 Å². The number of hydrogen-bond donors (Lipinski definition) is 0. The van der Waals surface area contributed by atoms with Crippen molar-refractivity contribution in [3.05, 3.63) is 102 Å². The van der Waals surface area contributed by atoms with Gasteiger partial charge in [0.05, 0.1) is 6.61 Å². The number of hydrogen-bond acceptors (Lipinski definition) is 1. The Morgan fingerprint density at radius 1 is 0.567 bits per heavy atom.